The molecule has 0 fully saturated rings. The number of benzene rings is 3. The molecule has 0 aliphatic carbocycles. The molecule has 4 aromatic rings. The zero-order chi connectivity index (χ0) is 24.5. The molecule has 1 atom stereocenters. The molecule has 3 N–H and O–H groups in total. The molecule has 8 nitrogen and oxygen atoms in total. The van der Waals surface area contributed by atoms with E-state index in [4.69, 9.17) is 10.1 Å². The van der Waals surface area contributed by atoms with Crippen molar-refractivity contribution in [3.05, 3.63) is 95.7 Å². The van der Waals surface area contributed by atoms with E-state index in [9.17, 15) is 9.90 Å². The van der Waals surface area contributed by atoms with Crippen LogP contribution in [0.1, 0.15) is 18.5 Å². The average molecular weight is 467 g/mol. The average Bonchev–Trinajstić information content (AvgIpc) is 3.28. The summed E-state index contributed by atoms with van der Waals surface area (Å²) in [5.74, 6) is 1.01. The number of phenolic OH excluding ortho intramolecular Hbond substituents is 1. The summed E-state index contributed by atoms with van der Waals surface area (Å²) < 4.78 is 1.73. The highest BCUT2D eigenvalue weighted by molar-refractivity contribution is 6.06. The van der Waals surface area contributed by atoms with Crippen LogP contribution in [0.2, 0.25) is 0 Å². The van der Waals surface area contributed by atoms with Gasteiger partial charge in [-0.05, 0) is 61.0 Å². The minimum atomic E-state index is -0.530. The van der Waals surface area contributed by atoms with Gasteiger partial charge in [-0.25, -0.2) is 4.68 Å². The lowest BCUT2D eigenvalue weighted by molar-refractivity contribution is -0.113. The summed E-state index contributed by atoms with van der Waals surface area (Å²) >= 11 is 0. The van der Waals surface area contributed by atoms with Crippen molar-refractivity contribution in [2.45, 2.75) is 13.0 Å². The maximum absolute atomic E-state index is 13.5. The van der Waals surface area contributed by atoms with Crippen LogP contribution >= 0.6 is 0 Å². The number of aromatic nitrogens is 3. The Morgan fingerprint density at radius 1 is 1.00 bits per heavy atom. The number of carbonyl (C=O) groups is 1. The van der Waals surface area contributed by atoms with Gasteiger partial charge in [0.2, 0.25) is 5.95 Å². The number of carbonyl (C=O) groups excluding carboxylic acids is 1. The molecule has 5 rings (SSSR count). The van der Waals surface area contributed by atoms with Crippen molar-refractivity contribution in [1.82, 2.24) is 14.8 Å². The number of rotatable bonds is 5. The number of para-hydroxylation sites is 1. The van der Waals surface area contributed by atoms with Crippen molar-refractivity contribution in [3.63, 3.8) is 0 Å². The van der Waals surface area contributed by atoms with Gasteiger partial charge in [0.15, 0.2) is 5.82 Å². The van der Waals surface area contributed by atoms with Crippen molar-refractivity contribution in [3.8, 4) is 17.1 Å². The standard InChI is InChI=1S/C27H26N6O2/c1-17-23(26(35)29-20-7-5-4-6-8-20)24(18-11-15-22(34)16-12-18)33-27(28-17)30-25(31-33)19-9-13-21(14-10-19)32(2)3/h4-16,24,34H,1-3H3,(H,29,35)(H,28,30,31). The predicted octanol–water partition coefficient (Wildman–Crippen LogP) is 4.64. The number of fused-ring (bicyclic) bond motifs is 1. The van der Waals surface area contributed by atoms with Crippen molar-refractivity contribution >= 4 is 23.2 Å². The van der Waals surface area contributed by atoms with Crippen LogP contribution in [0.4, 0.5) is 17.3 Å². The third-order valence-electron chi connectivity index (χ3n) is 5.98. The summed E-state index contributed by atoms with van der Waals surface area (Å²) in [7, 11) is 3.98. The second-order valence-corrected chi connectivity index (χ2v) is 8.62. The second-order valence-electron chi connectivity index (χ2n) is 8.62. The molecule has 0 radical (unpaired) electrons. The molecule has 0 saturated heterocycles. The lowest BCUT2D eigenvalue weighted by atomic mass is 9.95. The first-order valence-corrected chi connectivity index (χ1v) is 11.3. The van der Waals surface area contributed by atoms with Gasteiger partial charge in [0.05, 0.1) is 5.57 Å². The van der Waals surface area contributed by atoms with E-state index in [2.05, 4.69) is 10.6 Å². The Balaban J connectivity index is 1.57. The van der Waals surface area contributed by atoms with Gasteiger partial charge in [-0.3, -0.25) is 4.79 Å². The Kier molecular flexibility index (Phi) is 5.70. The Labute approximate surface area is 203 Å². The van der Waals surface area contributed by atoms with Gasteiger partial charge >= 0.3 is 0 Å². The zero-order valence-electron chi connectivity index (χ0n) is 19.7. The van der Waals surface area contributed by atoms with Crippen molar-refractivity contribution in [1.29, 1.82) is 0 Å². The van der Waals surface area contributed by atoms with E-state index in [0.717, 1.165) is 16.8 Å². The normalized spacial score (nSPS) is 14.8. The largest absolute Gasteiger partial charge is 0.508 e. The minimum absolute atomic E-state index is 0.152. The highest BCUT2D eigenvalue weighted by atomic mass is 16.3. The number of nitrogens with one attached hydrogen (secondary N) is 2. The van der Waals surface area contributed by atoms with Crippen LogP contribution in [-0.2, 0) is 4.79 Å². The second kappa shape index (κ2) is 8.98. The highest BCUT2D eigenvalue weighted by Gasteiger charge is 2.34. The Morgan fingerprint density at radius 2 is 1.69 bits per heavy atom. The van der Waals surface area contributed by atoms with Crippen LogP contribution in [0.15, 0.2) is 90.1 Å². The SMILES string of the molecule is CC1=C(C(=O)Nc2ccccc2)C(c2ccc(O)cc2)n2nc(-c3ccc(N(C)C)cc3)nc2N1. The van der Waals surface area contributed by atoms with E-state index < -0.39 is 6.04 Å². The molecule has 1 aliphatic heterocycles. The number of aromatic hydroxyl groups is 1. The quantitative estimate of drug-likeness (QED) is 0.397. The topological polar surface area (TPSA) is 95.3 Å². The number of allylic oxidation sites excluding steroid dienone is 1. The van der Waals surface area contributed by atoms with E-state index >= 15 is 0 Å². The first-order chi connectivity index (χ1) is 16.9. The van der Waals surface area contributed by atoms with Crippen molar-refractivity contribution in [2.75, 3.05) is 29.6 Å². The smallest absolute Gasteiger partial charge is 0.255 e. The number of hydrogen-bond acceptors (Lipinski definition) is 6. The number of phenols is 1. The van der Waals surface area contributed by atoms with Gasteiger partial charge in [-0.15, -0.1) is 5.10 Å². The van der Waals surface area contributed by atoms with E-state index in [1.165, 1.54) is 0 Å². The third-order valence-corrected chi connectivity index (χ3v) is 5.98. The molecule has 8 heteroatoms. The lowest BCUT2D eigenvalue weighted by Crippen LogP contribution is -2.31. The molecular weight excluding hydrogens is 440 g/mol. The predicted molar refractivity (Wildman–Crippen MR) is 137 cm³/mol. The Hall–Kier alpha value is -4.59. The van der Waals surface area contributed by atoms with Crippen LogP contribution < -0.4 is 15.5 Å². The molecule has 1 aromatic heterocycles. The van der Waals surface area contributed by atoms with Crippen LogP contribution in [0.3, 0.4) is 0 Å². The van der Waals surface area contributed by atoms with Crippen LogP contribution in [0, 0.1) is 0 Å². The van der Waals surface area contributed by atoms with E-state index in [1.807, 2.05) is 80.5 Å². The van der Waals surface area contributed by atoms with Gasteiger partial charge in [0.25, 0.3) is 5.91 Å². The zero-order valence-corrected chi connectivity index (χ0v) is 19.7. The fraction of sp³-hybridized carbons (Fsp3) is 0.148. The van der Waals surface area contributed by atoms with Gasteiger partial charge in [0.1, 0.15) is 11.8 Å². The molecule has 2 heterocycles. The summed E-state index contributed by atoms with van der Waals surface area (Å²) in [4.78, 5) is 20.3. The fourth-order valence-electron chi connectivity index (χ4n) is 4.16. The molecular formula is C27H26N6O2. The summed E-state index contributed by atoms with van der Waals surface area (Å²) in [6.45, 7) is 1.86. The molecule has 0 bridgehead atoms. The summed E-state index contributed by atoms with van der Waals surface area (Å²) in [6, 6.07) is 23.6. The van der Waals surface area contributed by atoms with Gasteiger partial charge in [-0.1, -0.05) is 30.3 Å². The molecule has 0 saturated carbocycles. The summed E-state index contributed by atoms with van der Waals surface area (Å²) in [6.07, 6.45) is 0. The van der Waals surface area contributed by atoms with E-state index in [-0.39, 0.29) is 11.7 Å². The monoisotopic (exact) mass is 466 g/mol. The van der Waals surface area contributed by atoms with Crippen LogP contribution in [-0.4, -0.2) is 39.9 Å². The number of anilines is 3. The summed E-state index contributed by atoms with van der Waals surface area (Å²) in [5, 5.41) is 20.9. The Morgan fingerprint density at radius 3 is 2.34 bits per heavy atom. The molecule has 3 aromatic carbocycles. The first kappa shape index (κ1) is 22.2. The maximum Gasteiger partial charge on any atom is 0.255 e. The van der Waals surface area contributed by atoms with Crippen molar-refractivity contribution in [2.24, 2.45) is 0 Å². The first-order valence-electron chi connectivity index (χ1n) is 11.3. The lowest BCUT2D eigenvalue weighted by Gasteiger charge is -2.28. The van der Waals surface area contributed by atoms with Crippen molar-refractivity contribution < 1.29 is 9.90 Å². The van der Waals surface area contributed by atoms with E-state index in [0.29, 0.717) is 28.7 Å². The number of hydrogen-bond donors (Lipinski definition) is 3. The number of nitrogens with zero attached hydrogens (tertiary/aromatic N) is 4. The molecule has 0 spiro atoms. The van der Waals surface area contributed by atoms with Crippen LogP contribution in [0.5, 0.6) is 5.75 Å². The Bertz CT molecular complexity index is 1390. The molecule has 35 heavy (non-hydrogen) atoms. The molecule has 1 unspecified atom stereocenters. The molecule has 1 amide bonds. The maximum atomic E-state index is 13.5. The van der Waals surface area contributed by atoms with Gasteiger partial charge < -0.3 is 20.6 Å². The van der Waals surface area contributed by atoms with Gasteiger partial charge in [-0.2, -0.15) is 4.98 Å². The minimum Gasteiger partial charge on any atom is -0.508 e. The number of amides is 1. The summed E-state index contributed by atoms with van der Waals surface area (Å²) in [5.41, 5.74) is 4.67. The van der Waals surface area contributed by atoms with Gasteiger partial charge in [0, 0.05) is 36.7 Å². The van der Waals surface area contributed by atoms with Crippen LogP contribution in [0.25, 0.3) is 11.4 Å². The highest BCUT2D eigenvalue weighted by Crippen LogP contribution is 2.37. The fourth-order valence-corrected chi connectivity index (χ4v) is 4.16. The third kappa shape index (κ3) is 4.33. The molecule has 176 valence electrons. The molecule has 1 aliphatic rings. The van der Waals surface area contributed by atoms with E-state index in [1.54, 1.807) is 28.9 Å².